The van der Waals surface area contributed by atoms with Gasteiger partial charge in [0.2, 0.25) is 11.8 Å². The predicted molar refractivity (Wildman–Crippen MR) is 104 cm³/mol. The van der Waals surface area contributed by atoms with E-state index in [0.29, 0.717) is 12.5 Å². The van der Waals surface area contributed by atoms with Crippen molar-refractivity contribution in [2.24, 2.45) is 5.92 Å². The molecule has 0 atom stereocenters. The first kappa shape index (κ1) is 18.9. The van der Waals surface area contributed by atoms with Gasteiger partial charge in [-0.15, -0.1) is 0 Å². The molecule has 5 heteroatoms. The summed E-state index contributed by atoms with van der Waals surface area (Å²) >= 11 is 0. The normalized spacial score (nSPS) is 19.8. The van der Waals surface area contributed by atoms with Crippen LogP contribution in [0.15, 0.2) is 24.3 Å². The number of rotatable bonds is 4. The highest BCUT2D eigenvalue weighted by Gasteiger charge is 2.29. The molecule has 1 N–H and O–H groups in total. The Kier molecular flexibility index (Phi) is 6.67. The first-order valence-corrected chi connectivity index (χ1v) is 9.99. The highest BCUT2D eigenvalue weighted by molar-refractivity contribution is 5.92. The van der Waals surface area contributed by atoms with Crippen molar-refractivity contribution < 1.29 is 9.59 Å². The lowest BCUT2D eigenvalue weighted by molar-refractivity contribution is -0.137. The molecule has 2 amide bonds. The smallest absolute Gasteiger partial charge is 0.238 e. The molecule has 2 heterocycles. The van der Waals surface area contributed by atoms with Gasteiger partial charge in [0, 0.05) is 24.7 Å². The molecule has 3 rings (SSSR count). The summed E-state index contributed by atoms with van der Waals surface area (Å²) in [5.74, 6) is 0.507. The Morgan fingerprint density at radius 1 is 1.04 bits per heavy atom. The van der Waals surface area contributed by atoms with Gasteiger partial charge in [0.25, 0.3) is 0 Å². The fraction of sp³-hybridized carbons (Fsp3) is 0.619. The number of carbonyl (C=O) groups excluding carboxylic acids is 2. The molecule has 5 nitrogen and oxygen atoms in total. The van der Waals surface area contributed by atoms with E-state index in [1.807, 2.05) is 31.2 Å². The summed E-state index contributed by atoms with van der Waals surface area (Å²) in [4.78, 5) is 29.2. The number of hydrogen-bond donors (Lipinski definition) is 1. The Labute approximate surface area is 156 Å². The van der Waals surface area contributed by atoms with Gasteiger partial charge in [-0.25, -0.2) is 0 Å². The van der Waals surface area contributed by atoms with Crippen LogP contribution in [0.5, 0.6) is 0 Å². The fourth-order valence-electron chi connectivity index (χ4n) is 4.01. The lowest BCUT2D eigenvalue weighted by Crippen LogP contribution is -2.44. The molecule has 142 valence electrons. The van der Waals surface area contributed by atoms with E-state index in [0.717, 1.165) is 63.1 Å². The van der Waals surface area contributed by atoms with Crippen LogP contribution in [0.1, 0.15) is 44.1 Å². The van der Waals surface area contributed by atoms with Gasteiger partial charge in [-0.2, -0.15) is 0 Å². The van der Waals surface area contributed by atoms with Gasteiger partial charge in [0.15, 0.2) is 0 Å². The van der Waals surface area contributed by atoms with Gasteiger partial charge in [-0.3, -0.25) is 14.5 Å². The van der Waals surface area contributed by atoms with Crippen molar-refractivity contribution in [3.8, 4) is 0 Å². The third-order valence-corrected chi connectivity index (χ3v) is 5.52. The van der Waals surface area contributed by atoms with E-state index >= 15 is 0 Å². The quantitative estimate of drug-likeness (QED) is 0.901. The summed E-state index contributed by atoms with van der Waals surface area (Å²) < 4.78 is 0. The lowest BCUT2D eigenvalue weighted by Gasteiger charge is -2.33. The molecular formula is C21H31N3O2. The second-order valence-electron chi connectivity index (χ2n) is 7.71. The molecule has 2 fully saturated rings. The monoisotopic (exact) mass is 357 g/mol. The van der Waals surface area contributed by atoms with Crippen LogP contribution >= 0.6 is 0 Å². The van der Waals surface area contributed by atoms with Crippen molar-refractivity contribution in [3.63, 3.8) is 0 Å². The van der Waals surface area contributed by atoms with Crippen LogP contribution in [-0.4, -0.2) is 54.3 Å². The van der Waals surface area contributed by atoms with Gasteiger partial charge in [0.1, 0.15) is 0 Å². The minimum Gasteiger partial charge on any atom is -0.342 e. The van der Waals surface area contributed by atoms with Crippen LogP contribution in [0.2, 0.25) is 0 Å². The van der Waals surface area contributed by atoms with E-state index in [-0.39, 0.29) is 11.8 Å². The van der Waals surface area contributed by atoms with Gasteiger partial charge >= 0.3 is 0 Å². The number of nitrogens with zero attached hydrogens (tertiary/aromatic N) is 2. The Balaban J connectivity index is 1.43. The molecule has 0 aliphatic carbocycles. The van der Waals surface area contributed by atoms with Crippen molar-refractivity contribution in [2.75, 3.05) is 38.0 Å². The predicted octanol–water partition coefficient (Wildman–Crippen LogP) is 3.05. The molecule has 0 bridgehead atoms. The summed E-state index contributed by atoms with van der Waals surface area (Å²) in [5.41, 5.74) is 1.98. The molecule has 2 aliphatic heterocycles. The van der Waals surface area contributed by atoms with Crippen LogP contribution in [0.3, 0.4) is 0 Å². The molecule has 2 aliphatic rings. The van der Waals surface area contributed by atoms with Crippen LogP contribution in [0.4, 0.5) is 5.69 Å². The number of aryl methyl sites for hydroxylation is 1. The number of hydrogen-bond acceptors (Lipinski definition) is 3. The van der Waals surface area contributed by atoms with E-state index in [9.17, 15) is 9.59 Å². The number of carbonyl (C=O) groups is 2. The number of anilines is 1. The summed E-state index contributed by atoms with van der Waals surface area (Å²) in [6.07, 6.45) is 6.52. The van der Waals surface area contributed by atoms with Crippen molar-refractivity contribution >= 4 is 17.5 Å². The maximum atomic E-state index is 12.7. The van der Waals surface area contributed by atoms with Crippen molar-refractivity contribution in [1.29, 1.82) is 0 Å². The standard InChI is InChI=1S/C21H31N3O2/c1-17-7-6-8-19(15-17)22-20(25)16-23-13-9-18(10-14-23)21(26)24-11-4-2-3-5-12-24/h6-8,15,18H,2-5,9-14,16H2,1H3,(H,22,25). The Bertz CT molecular complexity index is 615. The van der Waals surface area contributed by atoms with Crippen LogP contribution in [0, 0.1) is 12.8 Å². The molecule has 1 aromatic rings. The highest BCUT2D eigenvalue weighted by Crippen LogP contribution is 2.22. The Hall–Kier alpha value is -1.88. The molecular weight excluding hydrogens is 326 g/mol. The van der Waals surface area contributed by atoms with E-state index in [2.05, 4.69) is 15.1 Å². The first-order valence-electron chi connectivity index (χ1n) is 9.99. The SMILES string of the molecule is Cc1cccc(NC(=O)CN2CCC(C(=O)N3CCCCCC3)CC2)c1. The van der Waals surface area contributed by atoms with E-state index in [4.69, 9.17) is 0 Å². The van der Waals surface area contributed by atoms with E-state index in [1.165, 1.54) is 12.8 Å². The first-order chi connectivity index (χ1) is 12.6. The Morgan fingerprint density at radius 3 is 2.38 bits per heavy atom. The zero-order valence-corrected chi connectivity index (χ0v) is 15.9. The molecule has 2 saturated heterocycles. The summed E-state index contributed by atoms with van der Waals surface area (Å²) in [6, 6.07) is 7.85. The average Bonchev–Trinajstić information content (AvgIpc) is 2.91. The average molecular weight is 357 g/mol. The molecule has 0 radical (unpaired) electrons. The van der Waals surface area contributed by atoms with E-state index < -0.39 is 0 Å². The number of benzene rings is 1. The van der Waals surface area contributed by atoms with Crippen LogP contribution in [-0.2, 0) is 9.59 Å². The molecule has 26 heavy (non-hydrogen) atoms. The zero-order chi connectivity index (χ0) is 18.4. The van der Waals surface area contributed by atoms with Crippen LogP contribution < -0.4 is 5.32 Å². The second kappa shape index (κ2) is 9.17. The van der Waals surface area contributed by atoms with Crippen LogP contribution in [0.25, 0.3) is 0 Å². The maximum Gasteiger partial charge on any atom is 0.238 e. The van der Waals surface area contributed by atoms with Gasteiger partial charge < -0.3 is 10.2 Å². The topological polar surface area (TPSA) is 52.7 Å². The van der Waals surface area contributed by atoms with Crippen molar-refractivity contribution in [3.05, 3.63) is 29.8 Å². The van der Waals surface area contributed by atoms with Crippen molar-refractivity contribution in [2.45, 2.75) is 45.4 Å². The maximum absolute atomic E-state index is 12.7. The minimum absolute atomic E-state index is 0.0212. The van der Waals surface area contributed by atoms with Gasteiger partial charge in [-0.05, 0) is 63.4 Å². The number of nitrogens with one attached hydrogen (secondary N) is 1. The molecule has 0 aromatic heterocycles. The Morgan fingerprint density at radius 2 is 1.73 bits per heavy atom. The summed E-state index contributed by atoms with van der Waals surface area (Å²) in [7, 11) is 0. The second-order valence-corrected chi connectivity index (χ2v) is 7.71. The molecule has 1 aromatic carbocycles. The minimum atomic E-state index is 0.0212. The third kappa shape index (κ3) is 5.31. The van der Waals surface area contributed by atoms with Gasteiger partial charge in [-0.1, -0.05) is 25.0 Å². The zero-order valence-electron chi connectivity index (χ0n) is 15.9. The van der Waals surface area contributed by atoms with E-state index in [1.54, 1.807) is 0 Å². The van der Waals surface area contributed by atoms with Crippen molar-refractivity contribution in [1.82, 2.24) is 9.80 Å². The number of likely N-dealkylation sites (tertiary alicyclic amines) is 2. The molecule has 0 saturated carbocycles. The molecule has 0 unspecified atom stereocenters. The largest absolute Gasteiger partial charge is 0.342 e. The summed E-state index contributed by atoms with van der Waals surface area (Å²) in [5, 5.41) is 2.97. The lowest BCUT2D eigenvalue weighted by atomic mass is 9.95. The number of amides is 2. The number of piperidine rings is 1. The highest BCUT2D eigenvalue weighted by atomic mass is 16.2. The van der Waals surface area contributed by atoms with Gasteiger partial charge in [0.05, 0.1) is 6.54 Å². The fourth-order valence-corrected chi connectivity index (χ4v) is 4.01. The molecule has 0 spiro atoms. The summed E-state index contributed by atoms with van der Waals surface area (Å²) in [6.45, 7) is 5.92. The third-order valence-electron chi connectivity index (χ3n) is 5.52.